The lowest BCUT2D eigenvalue weighted by Crippen LogP contribution is -2.42. The minimum Gasteiger partial charge on any atom is -0.357 e. The van der Waals surface area contributed by atoms with Crippen LogP contribution in [0.2, 0.25) is 5.02 Å². The van der Waals surface area contributed by atoms with Gasteiger partial charge in [-0.05, 0) is 45.4 Å². The van der Waals surface area contributed by atoms with E-state index in [2.05, 4.69) is 15.6 Å². The van der Waals surface area contributed by atoms with Gasteiger partial charge in [0.1, 0.15) is 0 Å². The Balaban J connectivity index is 0.00000576. The molecule has 142 valence electrons. The van der Waals surface area contributed by atoms with Gasteiger partial charge in [0.25, 0.3) is 0 Å². The third-order valence-corrected chi connectivity index (χ3v) is 3.86. The molecule has 0 aliphatic heterocycles. The number of nitrogens with one attached hydrogen (secondary N) is 2. The van der Waals surface area contributed by atoms with Crippen molar-refractivity contribution in [2.45, 2.75) is 34.2 Å². The molecule has 0 saturated carbocycles. The molecule has 0 fully saturated rings. The topological polar surface area (TPSA) is 56.7 Å². The summed E-state index contributed by atoms with van der Waals surface area (Å²) in [6, 6.07) is 7.77. The number of carbonyl (C=O) groups excluding carboxylic acids is 1. The first-order valence-electron chi connectivity index (χ1n) is 8.32. The number of hydrogen-bond acceptors (Lipinski definition) is 2. The molecule has 0 saturated heterocycles. The van der Waals surface area contributed by atoms with Gasteiger partial charge in [-0.3, -0.25) is 9.79 Å². The van der Waals surface area contributed by atoms with Crippen molar-refractivity contribution in [2.75, 3.05) is 26.7 Å². The fourth-order valence-electron chi connectivity index (χ4n) is 2.15. The van der Waals surface area contributed by atoms with Crippen molar-refractivity contribution >= 4 is 47.4 Å². The lowest BCUT2D eigenvalue weighted by molar-refractivity contribution is -0.128. The van der Waals surface area contributed by atoms with Crippen LogP contribution in [0.25, 0.3) is 0 Å². The molecule has 0 spiro atoms. The summed E-state index contributed by atoms with van der Waals surface area (Å²) >= 11 is 5.93. The molecule has 0 radical (unpaired) electrons. The number of guanidine groups is 1. The van der Waals surface area contributed by atoms with Crippen LogP contribution in [0, 0.1) is 5.41 Å². The number of aliphatic imine (C=N–C) groups is 1. The number of benzene rings is 1. The second kappa shape index (κ2) is 11.6. The van der Waals surface area contributed by atoms with E-state index in [0.717, 1.165) is 23.1 Å². The molecule has 1 amide bonds. The normalized spacial score (nSPS) is 11.5. The van der Waals surface area contributed by atoms with Crippen LogP contribution in [0.4, 0.5) is 0 Å². The van der Waals surface area contributed by atoms with Crippen LogP contribution in [0.1, 0.15) is 33.3 Å². The van der Waals surface area contributed by atoms with Crippen molar-refractivity contribution in [3.05, 3.63) is 34.9 Å². The standard InChI is InChI=1S/C18H29ClN4O.HI/c1-6-20-16(24)18(3,4)13-22-17(21-7-2)23(5)12-14-8-10-15(19)11-9-14;/h8-11H,6-7,12-13H2,1-5H3,(H,20,24)(H,21,22);1H. The largest absolute Gasteiger partial charge is 0.357 e. The second-order valence-electron chi connectivity index (χ2n) is 6.40. The van der Waals surface area contributed by atoms with Crippen LogP contribution in [0.3, 0.4) is 0 Å². The zero-order valence-corrected chi connectivity index (χ0v) is 18.8. The van der Waals surface area contributed by atoms with Crippen molar-refractivity contribution in [2.24, 2.45) is 10.4 Å². The van der Waals surface area contributed by atoms with E-state index in [9.17, 15) is 4.79 Å². The maximum absolute atomic E-state index is 12.1. The third kappa shape index (κ3) is 8.27. The molecule has 5 nitrogen and oxygen atoms in total. The summed E-state index contributed by atoms with van der Waals surface area (Å²) in [5.41, 5.74) is 0.605. The maximum atomic E-state index is 12.1. The van der Waals surface area contributed by atoms with Gasteiger partial charge in [-0.25, -0.2) is 0 Å². The van der Waals surface area contributed by atoms with E-state index < -0.39 is 5.41 Å². The van der Waals surface area contributed by atoms with Crippen LogP contribution in [0.15, 0.2) is 29.3 Å². The Hall–Kier alpha value is -1.02. The van der Waals surface area contributed by atoms with E-state index in [1.54, 1.807) is 0 Å². The SMILES string of the molecule is CCNC(=O)C(C)(C)CN=C(NCC)N(C)Cc1ccc(Cl)cc1.I. The molecule has 0 unspecified atom stereocenters. The van der Waals surface area contributed by atoms with Crippen molar-refractivity contribution < 1.29 is 4.79 Å². The summed E-state index contributed by atoms with van der Waals surface area (Å²) in [6.07, 6.45) is 0. The van der Waals surface area contributed by atoms with E-state index in [1.165, 1.54) is 0 Å². The molecule has 25 heavy (non-hydrogen) atoms. The Morgan fingerprint density at radius 2 is 1.72 bits per heavy atom. The van der Waals surface area contributed by atoms with E-state index >= 15 is 0 Å². The first kappa shape index (κ1) is 24.0. The highest BCUT2D eigenvalue weighted by atomic mass is 127. The average Bonchev–Trinajstić information content (AvgIpc) is 2.53. The molecule has 1 rings (SSSR count). The Morgan fingerprint density at radius 3 is 2.24 bits per heavy atom. The predicted octanol–water partition coefficient (Wildman–Crippen LogP) is 3.52. The van der Waals surface area contributed by atoms with Gasteiger partial charge in [0.15, 0.2) is 5.96 Å². The highest BCUT2D eigenvalue weighted by molar-refractivity contribution is 14.0. The van der Waals surface area contributed by atoms with Crippen LogP contribution in [0.5, 0.6) is 0 Å². The number of rotatable bonds is 7. The molecule has 0 aromatic heterocycles. The summed E-state index contributed by atoms with van der Waals surface area (Å²) < 4.78 is 0. The molecular weight excluding hydrogens is 451 g/mol. The average molecular weight is 481 g/mol. The monoisotopic (exact) mass is 480 g/mol. The summed E-state index contributed by atoms with van der Waals surface area (Å²) in [6.45, 7) is 10.3. The lowest BCUT2D eigenvalue weighted by atomic mass is 9.92. The molecule has 2 N–H and O–H groups in total. The highest BCUT2D eigenvalue weighted by Gasteiger charge is 2.27. The maximum Gasteiger partial charge on any atom is 0.227 e. The number of nitrogens with zero attached hydrogens (tertiary/aromatic N) is 2. The Morgan fingerprint density at radius 1 is 1.16 bits per heavy atom. The fourth-order valence-corrected chi connectivity index (χ4v) is 2.28. The van der Waals surface area contributed by atoms with Gasteiger partial charge in [0.2, 0.25) is 5.91 Å². The number of carbonyl (C=O) groups is 1. The number of hydrogen-bond donors (Lipinski definition) is 2. The smallest absolute Gasteiger partial charge is 0.227 e. The Labute approximate surface area is 173 Å². The van der Waals surface area contributed by atoms with Crippen molar-refractivity contribution in [3.8, 4) is 0 Å². The lowest BCUT2D eigenvalue weighted by Gasteiger charge is -2.25. The fraction of sp³-hybridized carbons (Fsp3) is 0.556. The van der Waals surface area contributed by atoms with Crippen molar-refractivity contribution in [3.63, 3.8) is 0 Å². The summed E-state index contributed by atoms with van der Waals surface area (Å²) in [4.78, 5) is 18.8. The van der Waals surface area contributed by atoms with Gasteiger partial charge in [0.05, 0.1) is 12.0 Å². The molecule has 0 atom stereocenters. The van der Waals surface area contributed by atoms with E-state index in [1.807, 2.05) is 63.9 Å². The van der Waals surface area contributed by atoms with Gasteiger partial charge in [-0.1, -0.05) is 23.7 Å². The van der Waals surface area contributed by atoms with Gasteiger partial charge in [0, 0.05) is 31.7 Å². The molecule has 0 aliphatic rings. The Kier molecular flexibility index (Phi) is 11.1. The van der Waals surface area contributed by atoms with Crippen LogP contribution >= 0.6 is 35.6 Å². The quantitative estimate of drug-likeness (QED) is 0.357. The first-order valence-corrected chi connectivity index (χ1v) is 8.70. The zero-order chi connectivity index (χ0) is 18.2. The Bertz CT molecular complexity index is 561. The van der Waals surface area contributed by atoms with E-state index in [-0.39, 0.29) is 29.9 Å². The molecular formula is C18H30ClIN4O. The summed E-state index contributed by atoms with van der Waals surface area (Å²) in [7, 11) is 1.98. The second-order valence-corrected chi connectivity index (χ2v) is 6.83. The predicted molar refractivity (Wildman–Crippen MR) is 117 cm³/mol. The minimum absolute atomic E-state index is 0. The van der Waals surface area contributed by atoms with Crippen LogP contribution < -0.4 is 10.6 Å². The zero-order valence-electron chi connectivity index (χ0n) is 15.7. The molecule has 0 heterocycles. The molecule has 1 aromatic rings. The van der Waals surface area contributed by atoms with Gasteiger partial charge < -0.3 is 15.5 Å². The first-order chi connectivity index (χ1) is 11.3. The number of amides is 1. The summed E-state index contributed by atoms with van der Waals surface area (Å²) in [5.74, 6) is 0.801. The molecule has 1 aromatic carbocycles. The van der Waals surface area contributed by atoms with Gasteiger partial charge in [-0.15, -0.1) is 24.0 Å². The highest BCUT2D eigenvalue weighted by Crippen LogP contribution is 2.16. The third-order valence-electron chi connectivity index (χ3n) is 3.61. The molecule has 0 aliphatic carbocycles. The minimum atomic E-state index is -0.544. The van der Waals surface area contributed by atoms with Crippen molar-refractivity contribution in [1.82, 2.24) is 15.5 Å². The molecule has 7 heteroatoms. The summed E-state index contributed by atoms with van der Waals surface area (Å²) in [5, 5.41) is 6.86. The van der Waals surface area contributed by atoms with Crippen LogP contribution in [-0.4, -0.2) is 43.4 Å². The molecule has 0 bridgehead atoms. The van der Waals surface area contributed by atoms with E-state index in [4.69, 9.17) is 11.6 Å². The number of halogens is 2. The van der Waals surface area contributed by atoms with E-state index in [0.29, 0.717) is 19.6 Å². The van der Waals surface area contributed by atoms with Crippen molar-refractivity contribution in [1.29, 1.82) is 0 Å². The van der Waals surface area contributed by atoms with Gasteiger partial charge >= 0.3 is 0 Å². The van der Waals surface area contributed by atoms with Crippen LogP contribution in [-0.2, 0) is 11.3 Å². The van der Waals surface area contributed by atoms with Gasteiger partial charge in [-0.2, -0.15) is 0 Å².